The van der Waals surface area contributed by atoms with Gasteiger partial charge in [0.25, 0.3) is 0 Å². The fourth-order valence-corrected chi connectivity index (χ4v) is 3.37. The normalized spacial score (nSPS) is 14.1. The molecule has 0 aliphatic carbocycles. The second-order valence-corrected chi connectivity index (χ2v) is 7.54. The SMILES string of the molecule is COC(COCc1ccccc1)C(OCc1ccccc1)C(C)OCc1ccccc1. The highest BCUT2D eigenvalue weighted by atomic mass is 16.6. The Kier molecular flexibility index (Phi) is 9.74. The molecule has 0 fully saturated rings. The largest absolute Gasteiger partial charge is 0.376 e. The Labute approximate surface area is 185 Å². The molecule has 0 spiro atoms. The number of methoxy groups -OCH3 is 1. The fourth-order valence-electron chi connectivity index (χ4n) is 3.37. The lowest BCUT2D eigenvalue weighted by Crippen LogP contribution is -2.43. The van der Waals surface area contributed by atoms with Crippen molar-refractivity contribution in [1.29, 1.82) is 0 Å². The number of hydrogen-bond acceptors (Lipinski definition) is 4. The van der Waals surface area contributed by atoms with Crippen molar-refractivity contribution >= 4 is 0 Å². The molecule has 0 amide bonds. The van der Waals surface area contributed by atoms with Crippen LogP contribution in [0, 0.1) is 0 Å². The van der Waals surface area contributed by atoms with Gasteiger partial charge < -0.3 is 18.9 Å². The van der Waals surface area contributed by atoms with Crippen LogP contribution in [0.5, 0.6) is 0 Å². The Hall–Kier alpha value is -2.50. The van der Waals surface area contributed by atoms with E-state index < -0.39 is 0 Å². The van der Waals surface area contributed by atoms with Crippen molar-refractivity contribution in [2.45, 2.75) is 45.1 Å². The Morgan fingerprint density at radius 1 is 0.613 bits per heavy atom. The highest BCUT2D eigenvalue weighted by Gasteiger charge is 2.29. The molecule has 4 nitrogen and oxygen atoms in total. The van der Waals surface area contributed by atoms with Crippen molar-refractivity contribution < 1.29 is 18.9 Å². The summed E-state index contributed by atoms with van der Waals surface area (Å²) in [7, 11) is 1.69. The Bertz CT molecular complexity index is 839. The Balaban J connectivity index is 1.61. The first-order valence-corrected chi connectivity index (χ1v) is 10.7. The van der Waals surface area contributed by atoms with Crippen molar-refractivity contribution in [3.63, 3.8) is 0 Å². The zero-order valence-corrected chi connectivity index (χ0v) is 18.4. The lowest BCUT2D eigenvalue weighted by Gasteiger charge is -2.31. The van der Waals surface area contributed by atoms with Crippen LogP contribution in [0.1, 0.15) is 23.6 Å². The molecule has 3 aromatic carbocycles. The number of ether oxygens (including phenoxy) is 4. The molecule has 0 radical (unpaired) electrons. The predicted octanol–water partition coefficient (Wildman–Crippen LogP) is 5.41. The van der Waals surface area contributed by atoms with E-state index in [0.29, 0.717) is 26.4 Å². The van der Waals surface area contributed by atoms with Crippen molar-refractivity contribution in [2.24, 2.45) is 0 Å². The van der Waals surface area contributed by atoms with E-state index in [1.807, 2.05) is 61.5 Å². The summed E-state index contributed by atoms with van der Waals surface area (Å²) in [6, 6.07) is 30.4. The van der Waals surface area contributed by atoms with Crippen molar-refractivity contribution in [3.05, 3.63) is 108 Å². The van der Waals surface area contributed by atoms with Gasteiger partial charge in [-0.25, -0.2) is 0 Å². The second kappa shape index (κ2) is 13.0. The summed E-state index contributed by atoms with van der Waals surface area (Å²) in [5.74, 6) is 0. The lowest BCUT2D eigenvalue weighted by molar-refractivity contribution is -0.151. The standard InChI is InChI=1S/C27H32O4/c1-22(30-19-24-14-8-4-9-15-24)27(31-20-25-16-10-5-11-17-25)26(28-2)21-29-18-23-12-6-3-7-13-23/h3-17,22,26-27H,18-21H2,1-2H3. The summed E-state index contributed by atoms with van der Waals surface area (Å²) >= 11 is 0. The van der Waals surface area contributed by atoms with Crippen LogP contribution in [0.3, 0.4) is 0 Å². The molecule has 31 heavy (non-hydrogen) atoms. The van der Waals surface area contributed by atoms with Crippen LogP contribution in [0.2, 0.25) is 0 Å². The van der Waals surface area contributed by atoms with Crippen LogP contribution in [0.15, 0.2) is 91.0 Å². The first kappa shape index (κ1) is 23.2. The summed E-state index contributed by atoms with van der Waals surface area (Å²) in [5.41, 5.74) is 3.38. The maximum Gasteiger partial charge on any atom is 0.112 e. The van der Waals surface area contributed by atoms with E-state index in [9.17, 15) is 0 Å². The quantitative estimate of drug-likeness (QED) is 0.371. The van der Waals surface area contributed by atoms with E-state index in [1.165, 1.54) is 0 Å². The van der Waals surface area contributed by atoms with Crippen molar-refractivity contribution in [2.75, 3.05) is 13.7 Å². The third-order valence-corrected chi connectivity index (χ3v) is 5.17. The van der Waals surface area contributed by atoms with Crippen LogP contribution in [0.4, 0.5) is 0 Å². The molecule has 0 bridgehead atoms. The Morgan fingerprint density at radius 3 is 1.55 bits per heavy atom. The summed E-state index contributed by atoms with van der Waals surface area (Å²) in [6.45, 7) is 3.99. The molecule has 164 valence electrons. The van der Waals surface area contributed by atoms with Gasteiger partial charge in [-0.05, 0) is 23.6 Å². The van der Waals surface area contributed by atoms with Crippen LogP contribution in [-0.2, 0) is 38.8 Å². The van der Waals surface area contributed by atoms with E-state index in [2.05, 4.69) is 36.4 Å². The molecule has 0 aromatic heterocycles. The Morgan fingerprint density at radius 2 is 1.06 bits per heavy atom. The van der Waals surface area contributed by atoms with Gasteiger partial charge in [-0.3, -0.25) is 0 Å². The summed E-state index contributed by atoms with van der Waals surface area (Å²) in [5, 5.41) is 0. The van der Waals surface area contributed by atoms with Crippen LogP contribution in [0.25, 0.3) is 0 Å². The zero-order chi connectivity index (χ0) is 21.7. The van der Waals surface area contributed by atoms with Gasteiger partial charge in [-0.1, -0.05) is 91.0 Å². The van der Waals surface area contributed by atoms with E-state index in [1.54, 1.807) is 7.11 Å². The van der Waals surface area contributed by atoms with Gasteiger partial charge in [-0.15, -0.1) is 0 Å². The molecule has 0 saturated carbocycles. The van der Waals surface area contributed by atoms with Gasteiger partial charge in [0.15, 0.2) is 0 Å². The molecule has 0 aliphatic rings. The minimum Gasteiger partial charge on any atom is -0.376 e. The van der Waals surface area contributed by atoms with Crippen molar-refractivity contribution in [1.82, 2.24) is 0 Å². The molecular weight excluding hydrogens is 388 g/mol. The van der Waals surface area contributed by atoms with Crippen LogP contribution < -0.4 is 0 Å². The van der Waals surface area contributed by atoms with Crippen LogP contribution in [-0.4, -0.2) is 32.0 Å². The molecule has 0 heterocycles. The maximum absolute atomic E-state index is 6.30. The molecule has 3 unspecified atom stereocenters. The summed E-state index contributed by atoms with van der Waals surface area (Å²) < 4.78 is 24.2. The first-order chi connectivity index (χ1) is 15.3. The maximum atomic E-state index is 6.30. The highest BCUT2D eigenvalue weighted by Crippen LogP contribution is 2.17. The minimum absolute atomic E-state index is 0.172. The van der Waals surface area contributed by atoms with E-state index in [-0.39, 0.29) is 18.3 Å². The van der Waals surface area contributed by atoms with Gasteiger partial charge in [0.2, 0.25) is 0 Å². The number of rotatable bonds is 13. The molecular formula is C27H32O4. The predicted molar refractivity (Wildman–Crippen MR) is 123 cm³/mol. The second-order valence-electron chi connectivity index (χ2n) is 7.54. The topological polar surface area (TPSA) is 36.9 Å². The smallest absolute Gasteiger partial charge is 0.112 e. The molecule has 3 aromatic rings. The lowest BCUT2D eigenvalue weighted by atomic mass is 10.1. The molecule has 3 atom stereocenters. The number of benzene rings is 3. The summed E-state index contributed by atoms with van der Waals surface area (Å²) in [6.07, 6.45) is -0.697. The van der Waals surface area contributed by atoms with Gasteiger partial charge in [0.05, 0.1) is 32.5 Å². The van der Waals surface area contributed by atoms with Gasteiger partial charge >= 0.3 is 0 Å². The molecule has 0 aliphatic heterocycles. The fraction of sp³-hybridized carbons (Fsp3) is 0.333. The molecule has 0 N–H and O–H groups in total. The van der Waals surface area contributed by atoms with Gasteiger partial charge in [-0.2, -0.15) is 0 Å². The number of hydrogen-bond donors (Lipinski definition) is 0. The third kappa shape index (κ3) is 7.93. The average molecular weight is 421 g/mol. The molecule has 3 rings (SSSR count). The van der Waals surface area contributed by atoms with E-state index >= 15 is 0 Å². The van der Waals surface area contributed by atoms with E-state index in [4.69, 9.17) is 18.9 Å². The molecule has 0 saturated heterocycles. The third-order valence-electron chi connectivity index (χ3n) is 5.17. The van der Waals surface area contributed by atoms with Gasteiger partial charge in [0.1, 0.15) is 12.2 Å². The monoisotopic (exact) mass is 420 g/mol. The average Bonchev–Trinajstić information content (AvgIpc) is 2.83. The van der Waals surface area contributed by atoms with Gasteiger partial charge in [0, 0.05) is 7.11 Å². The minimum atomic E-state index is -0.273. The molecule has 4 heteroatoms. The highest BCUT2D eigenvalue weighted by molar-refractivity contribution is 5.15. The zero-order valence-electron chi connectivity index (χ0n) is 18.4. The van der Waals surface area contributed by atoms with E-state index in [0.717, 1.165) is 16.7 Å². The summed E-state index contributed by atoms with van der Waals surface area (Å²) in [4.78, 5) is 0. The van der Waals surface area contributed by atoms with Crippen LogP contribution >= 0.6 is 0 Å². The van der Waals surface area contributed by atoms with Crippen molar-refractivity contribution in [3.8, 4) is 0 Å². The first-order valence-electron chi connectivity index (χ1n) is 10.7.